The van der Waals surface area contributed by atoms with Crippen LogP contribution in [0.4, 0.5) is 4.79 Å². The van der Waals surface area contributed by atoms with Crippen molar-refractivity contribution in [3.8, 4) is 0 Å². The summed E-state index contributed by atoms with van der Waals surface area (Å²) in [6.07, 6.45) is 6.10. The molecule has 1 saturated heterocycles. The van der Waals surface area contributed by atoms with Crippen LogP contribution in [0.2, 0.25) is 0 Å². The Labute approximate surface area is 138 Å². The number of carboxylic acid groups (broad SMARTS) is 1. The monoisotopic (exact) mass is 326 g/mol. The van der Waals surface area contributed by atoms with Crippen molar-refractivity contribution in [1.82, 2.24) is 10.2 Å². The minimum absolute atomic E-state index is 0.359. The lowest BCUT2D eigenvalue weighted by molar-refractivity contribution is -0.144. The highest BCUT2D eigenvalue weighted by Gasteiger charge is 2.47. The maximum Gasteiger partial charge on any atom is 0.408 e. The van der Waals surface area contributed by atoms with Crippen LogP contribution in [-0.2, 0) is 9.53 Å². The average molecular weight is 326 g/mol. The van der Waals surface area contributed by atoms with E-state index in [9.17, 15) is 14.7 Å². The molecule has 2 N–H and O–H groups in total. The summed E-state index contributed by atoms with van der Waals surface area (Å²) in [5.41, 5.74) is -1.86. The van der Waals surface area contributed by atoms with Gasteiger partial charge in [-0.3, -0.25) is 0 Å². The van der Waals surface area contributed by atoms with E-state index in [1.54, 1.807) is 20.8 Å². The summed E-state index contributed by atoms with van der Waals surface area (Å²) in [6.45, 7) is 7.31. The molecule has 2 rings (SSSR count). The molecule has 1 aliphatic carbocycles. The summed E-state index contributed by atoms with van der Waals surface area (Å²) >= 11 is 0. The Morgan fingerprint density at radius 1 is 1.26 bits per heavy atom. The molecular formula is C17H30N2O4. The summed E-state index contributed by atoms with van der Waals surface area (Å²) in [7, 11) is 0. The van der Waals surface area contributed by atoms with E-state index < -0.39 is 23.2 Å². The van der Waals surface area contributed by atoms with Crippen LogP contribution in [0.3, 0.4) is 0 Å². The van der Waals surface area contributed by atoms with Gasteiger partial charge < -0.3 is 20.1 Å². The number of rotatable bonds is 4. The standard InChI is InChI=1S/C17H30N2O4/c1-16(2,3)23-15(22)18-17(14(20)21)9-10-19(12-17)11-13-7-5-4-6-8-13/h13H,4-12H2,1-3H3,(H,18,22)(H,20,21). The van der Waals surface area contributed by atoms with Crippen molar-refractivity contribution in [1.29, 1.82) is 0 Å². The summed E-state index contributed by atoms with van der Waals surface area (Å²) in [5, 5.41) is 12.3. The number of alkyl carbamates (subject to hydrolysis) is 1. The molecule has 0 aromatic rings. The quantitative estimate of drug-likeness (QED) is 0.830. The molecule has 1 saturated carbocycles. The average Bonchev–Trinajstić information content (AvgIpc) is 2.82. The number of ether oxygens (including phenoxy) is 1. The molecule has 1 aliphatic heterocycles. The summed E-state index contributed by atoms with van der Waals surface area (Å²) < 4.78 is 5.23. The van der Waals surface area contributed by atoms with Gasteiger partial charge in [0.05, 0.1) is 0 Å². The number of likely N-dealkylation sites (tertiary alicyclic amines) is 1. The Morgan fingerprint density at radius 3 is 2.48 bits per heavy atom. The predicted molar refractivity (Wildman–Crippen MR) is 87.4 cm³/mol. The van der Waals surface area contributed by atoms with Crippen LogP contribution in [0, 0.1) is 5.92 Å². The Hall–Kier alpha value is -1.30. The molecule has 0 aromatic carbocycles. The van der Waals surface area contributed by atoms with E-state index in [1.165, 1.54) is 32.1 Å². The Morgan fingerprint density at radius 2 is 1.91 bits per heavy atom. The first-order valence-electron chi connectivity index (χ1n) is 8.67. The van der Waals surface area contributed by atoms with Crippen LogP contribution in [0.15, 0.2) is 0 Å². The van der Waals surface area contributed by atoms with Crippen LogP contribution in [-0.4, -0.2) is 52.8 Å². The molecule has 6 heteroatoms. The first kappa shape index (κ1) is 18.0. The van der Waals surface area contributed by atoms with Gasteiger partial charge in [0.15, 0.2) is 5.54 Å². The summed E-state index contributed by atoms with van der Waals surface area (Å²) in [4.78, 5) is 26.0. The van der Waals surface area contributed by atoms with Crippen molar-refractivity contribution in [2.75, 3.05) is 19.6 Å². The molecule has 1 amide bonds. The lowest BCUT2D eigenvalue weighted by Gasteiger charge is -2.30. The Bertz CT molecular complexity index is 440. The lowest BCUT2D eigenvalue weighted by Crippen LogP contribution is -2.57. The molecule has 132 valence electrons. The second-order valence-electron chi connectivity index (χ2n) is 8.00. The van der Waals surface area contributed by atoms with Gasteiger partial charge in [-0.05, 0) is 46.0 Å². The second kappa shape index (κ2) is 7.07. The van der Waals surface area contributed by atoms with E-state index in [0.717, 1.165) is 6.54 Å². The van der Waals surface area contributed by atoms with Gasteiger partial charge in [0, 0.05) is 19.6 Å². The zero-order valence-electron chi connectivity index (χ0n) is 14.6. The number of carbonyl (C=O) groups excluding carboxylic acids is 1. The fourth-order valence-corrected chi connectivity index (χ4v) is 3.61. The van der Waals surface area contributed by atoms with Gasteiger partial charge in [-0.15, -0.1) is 0 Å². The van der Waals surface area contributed by atoms with E-state index in [1.807, 2.05) is 0 Å². The van der Waals surface area contributed by atoms with Crippen molar-refractivity contribution in [2.45, 2.75) is 70.4 Å². The topological polar surface area (TPSA) is 78.9 Å². The first-order chi connectivity index (χ1) is 10.7. The molecule has 1 heterocycles. The minimum Gasteiger partial charge on any atom is -0.479 e. The lowest BCUT2D eigenvalue weighted by atomic mass is 9.89. The Balaban J connectivity index is 1.93. The molecule has 0 spiro atoms. The molecular weight excluding hydrogens is 296 g/mol. The maximum absolute atomic E-state index is 12.0. The van der Waals surface area contributed by atoms with Gasteiger partial charge >= 0.3 is 12.1 Å². The smallest absolute Gasteiger partial charge is 0.408 e. The highest BCUT2D eigenvalue weighted by atomic mass is 16.6. The molecule has 0 aromatic heterocycles. The van der Waals surface area contributed by atoms with E-state index in [4.69, 9.17) is 4.74 Å². The number of nitrogens with one attached hydrogen (secondary N) is 1. The van der Waals surface area contributed by atoms with Crippen LogP contribution in [0.1, 0.15) is 59.3 Å². The van der Waals surface area contributed by atoms with Crippen LogP contribution < -0.4 is 5.32 Å². The highest BCUT2D eigenvalue weighted by Crippen LogP contribution is 2.28. The van der Waals surface area contributed by atoms with Crippen molar-refractivity contribution < 1.29 is 19.4 Å². The third-order valence-corrected chi connectivity index (χ3v) is 4.74. The number of nitrogens with zero attached hydrogens (tertiary/aromatic N) is 1. The summed E-state index contributed by atoms with van der Waals surface area (Å²) in [6, 6.07) is 0. The number of amides is 1. The second-order valence-corrected chi connectivity index (χ2v) is 8.00. The number of hydrogen-bond acceptors (Lipinski definition) is 4. The van der Waals surface area contributed by atoms with Crippen molar-refractivity contribution in [2.24, 2.45) is 5.92 Å². The molecule has 2 aliphatic rings. The third-order valence-electron chi connectivity index (χ3n) is 4.74. The fraction of sp³-hybridized carbons (Fsp3) is 0.882. The van der Waals surface area contributed by atoms with Crippen molar-refractivity contribution in [3.05, 3.63) is 0 Å². The maximum atomic E-state index is 12.0. The van der Waals surface area contributed by atoms with E-state index in [0.29, 0.717) is 25.4 Å². The molecule has 1 atom stereocenters. The largest absolute Gasteiger partial charge is 0.479 e. The zero-order chi connectivity index (χ0) is 17.1. The van der Waals surface area contributed by atoms with Crippen LogP contribution >= 0.6 is 0 Å². The van der Waals surface area contributed by atoms with Gasteiger partial charge in [0.25, 0.3) is 0 Å². The molecule has 2 fully saturated rings. The van der Waals surface area contributed by atoms with Crippen LogP contribution in [0.25, 0.3) is 0 Å². The number of carboxylic acids is 1. The van der Waals surface area contributed by atoms with Gasteiger partial charge in [0.1, 0.15) is 5.60 Å². The van der Waals surface area contributed by atoms with Gasteiger partial charge in [-0.1, -0.05) is 19.3 Å². The molecule has 0 radical (unpaired) electrons. The molecule has 1 unspecified atom stereocenters. The van der Waals surface area contributed by atoms with Gasteiger partial charge in [-0.25, -0.2) is 9.59 Å². The number of aliphatic carboxylic acids is 1. The van der Waals surface area contributed by atoms with E-state index in [2.05, 4.69) is 10.2 Å². The van der Waals surface area contributed by atoms with Crippen molar-refractivity contribution in [3.63, 3.8) is 0 Å². The first-order valence-corrected chi connectivity index (χ1v) is 8.67. The highest BCUT2D eigenvalue weighted by molar-refractivity contribution is 5.85. The SMILES string of the molecule is CC(C)(C)OC(=O)NC1(C(=O)O)CCN(CC2CCCCC2)C1. The minimum atomic E-state index is -1.23. The molecule has 6 nitrogen and oxygen atoms in total. The number of carbonyl (C=O) groups is 2. The predicted octanol–water partition coefficient (Wildman–Crippen LogP) is 2.62. The molecule has 23 heavy (non-hydrogen) atoms. The van der Waals surface area contributed by atoms with E-state index >= 15 is 0 Å². The van der Waals surface area contributed by atoms with Gasteiger partial charge in [0.2, 0.25) is 0 Å². The fourth-order valence-electron chi connectivity index (χ4n) is 3.61. The normalized spacial score (nSPS) is 26.9. The van der Waals surface area contributed by atoms with Crippen LogP contribution in [0.5, 0.6) is 0 Å². The van der Waals surface area contributed by atoms with Crippen molar-refractivity contribution >= 4 is 12.1 Å². The van der Waals surface area contributed by atoms with Gasteiger partial charge in [-0.2, -0.15) is 0 Å². The number of hydrogen-bond donors (Lipinski definition) is 2. The Kier molecular flexibility index (Phi) is 5.55. The molecule has 0 bridgehead atoms. The zero-order valence-corrected chi connectivity index (χ0v) is 14.6. The van der Waals surface area contributed by atoms with E-state index in [-0.39, 0.29) is 0 Å². The summed E-state index contributed by atoms with van der Waals surface area (Å²) in [5.74, 6) is -0.315. The third kappa shape index (κ3) is 5.09.